The van der Waals surface area contributed by atoms with Crippen LogP contribution in [0.4, 0.5) is 0 Å². The SMILES string of the molecule is CCCOCCN1CCCC1CNC(C)C. The summed E-state index contributed by atoms with van der Waals surface area (Å²) in [5, 5.41) is 3.54. The van der Waals surface area contributed by atoms with Crippen LogP contribution in [0, 0.1) is 0 Å². The number of rotatable bonds is 8. The third-order valence-electron chi connectivity index (χ3n) is 3.13. The first-order valence-electron chi connectivity index (χ1n) is 6.79. The molecule has 0 radical (unpaired) electrons. The van der Waals surface area contributed by atoms with Gasteiger partial charge in [0.05, 0.1) is 6.61 Å². The van der Waals surface area contributed by atoms with Gasteiger partial charge in [-0.1, -0.05) is 20.8 Å². The lowest BCUT2D eigenvalue weighted by molar-refractivity contribution is 0.0992. The molecule has 0 amide bonds. The fraction of sp³-hybridized carbons (Fsp3) is 1.00. The summed E-state index contributed by atoms with van der Waals surface area (Å²) in [5.41, 5.74) is 0. The van der Waals surface area contributed by atoms with Crippen LogP contribution >= 0.6 is 0 Å². The molecule has 1 heterocycles. The molecule has 3 heteroatoms. The lowest BCUT2D eigenvalue weighted by atomic mass is 10.2. The molecule has 1 N–H and O–H groups in total. The van der Waals surface area contributed by atoms with Crippen molar-refractivity contribution < 1.29 is 4.74 Å². The summed E-state index contributed by atoms with van der Waals surface area (Å²) in [6, 6.07) is 1.33. The molecule has 0 aromatic rings. The maximum atomic E-state index is 5.56. The predicted octanol–water partition coefficient (Wildman–Crippen LogP) is 1.88. The van der Waals surface area contributed by atoms with Crippen LogP contribution in [0.3, 0.4) is 0 Å². The van der Waals surface area contributed by atoms with Crippen molar-refractivity contribution in [2.45, 2.75) is 52.1 Å². The van der Waals surface area contributed by atoms with Crippen LogP contribution in [0.15, 0.2) is 0 Å². The van der Waals surface area contributed by atoms with Gasteiger partial charge in [-0.05, 0) is 25.8 Å². The van der Waals surface area contributed by atoms with Crippen molar-refractivity contribution in [1.82, 2.24) is 10.2 Å². The van der Waals surface area contributed by atoms with Gasteiger partial charge in [-0.3, -0.25) is 4.90 Å². The van der Waals surface area contributed by atoms with E-state index < -0.39 is 0 Å². The summed E-state index contributed by atoms with van der Waals surface area (Å²) in [6.07, 6.45) is 3.81. The van der Waals surface area contributed by atoms with Crippen LogP contribution in [0.25, 0.3) is 0 Å². The molecule has 0 saturated carbocycles. The fourth-order valence-corrected chi connectivity index (χ4v) is 2.22. The van der Waals surface area contributed by atoms with Gasteiger partial charge in [-0.15, -0.1) is 0 Å². The Morgan fingerprint density at radius 3 is 2.88 bits per heavy atom. The van der Waals surface area contributed by atoms with Gasteiger partial charge in [-0.2, -0.15) is 0 Å². The predicted molar refractivity (Wildman–Crippen MR) is 68.8 cm³/mol. The first-order chi connectivity index (χ1) is 7.74. The average Bonchev–Trinajstić information content (AvgIpc) is 2.69. The largest absolute Gasteiger partial charge is 0.380 e. The second-order valence-electron chi connectivity index (χ2n) is 5.01. The monoisotopic (exact) mass is 228 g/mol. The Kier molecular flexibility index (Phi) is 7.01. The van der Waals surface area contributed by atoms with Crippen molar-refractivity contribution in [2.24, 2.45) is 0 Å². The third-order valence-corrected chi connectivity index (χ3v) is 3.13. The molecule has 1 atom stereocenters. The smallest absolute Gasteiger partial charge is 0.0593 e. The van der Waals surface area contributed by atoms with Gasteiger partial charge in [0.25, 0.3) is 0 Å². The van der Waals surface area contributed by atoms with E-state index in [2.05, 4.69) is 31.0 Å². The summed E-state index contributed by atoms with van der Waals surface area (Å²) < 4.78 is 5.56. The highest BCUT2D eigenvalue weighted by molar-refractivity contribution is 4.81. The standard InChI is InChI=1S/C13H28N2O/c1-4-9-16-10-8-15-7-5-6-13(15)11-14-12(2)3/h12-14H,4-11H2,1-3H3. The van der Waals surface area contributed by atoms with E-state index in [1.54, 1.807) is 0 Å². The molecule has 1 fully saturated rings. The van der Waals surface area contributed by atoms with Gasteiger partial charge < -0.3 is 10.1 Å². The normalized spacial score (nSPS) is 22.1. The number of nitrogens with zero attached hydrogens (tertiary/aromatic N) is 1. The zero-order valence-electron chi connectivity index (χ0n) is 11.2. The minimum Gasteiger partial charge on any atom is -0.380 e. The fourth-order valence-electron chi connectivity index (χ4n) is 2.22. The molecule has 1 unspecified atom stereocenters. The van der Waals surface area contributed by atoms with Gasteiger partial charge in [0.1, 0.15) is 0 Å². The van der Waals surface area contributed by atoms with Crippen molar-refractivity contribution in [3.8, 4) is 0 Å². The first-order valence-corrected chi connectivity index (χ1v) is 6.79. The van der Waals surface area contributed by atoms with Gasteiger partial charge in [0.15, 0.2) is 0 Å². The Morgan fingerprint density at radius 1 is 1.38 bits per heavy atom. The van der Waals surface area contributed by atoms with E-state index in [9.17, 15) is 0 Å². The molecular formula is C13H28N2O. The molecule has 0 aliphatic carbocycles. The molecule has 96 valence electrons. The maximum Gasteiger partial charge on any atom is 0.0593 e. The van der Waals surface area contributed by atoms with Crippen LogP contribution in [0.5, 0.6) is 0 Å². The zero-order chi connectivity index (χ0) is 11.8. The highest BCUT2D eigenvalue weighted by atomic mass is 16.5. The second-order valence-corrected chi connectivity index (χ2v) is 5.01. The number of hydrogen-bond acceptors (Lipinski definition) is 3. The van der Waals surface area contributed by atoms with Crippen molar-refractivity contribution in [3.05, 3.63) is 0 Å². The summed E-state index contributed by atoms with van der Waals surface area (Å²) >= 11 is 0. The Hall–Kier alpha value is -0.120. The number of ether oxygens (including phenoxy) is 1. The van der Waals surface area contributed by atoms with E-state index in [-0.39, 0.29) is 0 Å². The second kappa shape index (κ2) is 8.04. The topological polar surface area (TPSA) is 24.5 Å². The Morgan fingerprint density at radius 2 is 2.19 bits per heavy atom. The minimum absolute atomic E-state index is 0.596. The number of nitrogens with one attached hydrogen (secondary N) is 1. The van der Waals surface area contributed by atoms with Crippen molar-refractivity contribution in [3.63, 3.8) is 0 Å². The third kappa shape index (κ3) is 5.28. The van der Waals surface area contributed by atoms with Crippen LogP contribution in [0.1, 0.15) is 40.0 Å². The van der Waals surface area contributed by atoms with Crippen molar-refractivity contribution in [2.75, 3.05) is 32.8 Å². The molecule has 1 saturated heterocycles. The number of hydrogen-bond donors (Lipinski definition) is 1. The van der Waals surface area contributed by atoms with Gasteiger partial charge in [0.2, 0.25) is 0 Å². The Labute approximate surface area is 101 Å². The van der Waals surface area contributed by atoms with Gasteiger partial charge >= 0.3 is 0 Å². The zero-order valence-corrected chi connectivity index (χ0v) is 11.2. The summed E-state index contributed by atoms with van der Waals surface area (Å²) in [6.45, 7) is 11.9. The van der Waals surface area contributed by atoms with E-state index in [1.807, 2.05) is 0 Å². The molecule has 0 aromatic carbocycles. The summed E-state index contributed by atoms with van der Waals surface area (Å²) in [5.74, 6) is 0. The molecule has 3 nitrogen and oxygen atoms in total. The molecule has 1 rings (SSSR count). The van der Waals surface area contributed by atoms with E-state index >= 15 is 0 Å². The average molecular weight is 228 g/mol. The van der Waals surface area contributed by atoms with E-state index in [4.69, 9.17) is 4.74 Å². The van der Waals surface area contributed by atoms with E-state index in [1.165, 1.54) is 19.4 Å². The van der Waals surface area contributed by atoms with Crippen LogP contribution in [0.2, 0.25) is 0 Å². The molecule has 0 aromatic heterocycles. The van der Waals surface area contributed by atoms with Crippen molar-refractivity contribution >= 4 is 0 Å². The Bertz CT molecular complexity index is 173. The summed E-state index contributed by atoms with van der Waals surface area (Å²) in [4.78, 5) is 2.57. The highest BCUT2D eigenvalue weighted by Crippen LogP contribution is 2.15. The van der Waals surface area contributed by atoms with Crippen LogP contribution < -0.4 is 5.32 Å². The highest BCUT2D eigenvalue weighted by Gasteiger charge is 2.23. The summed E-state index contributed by atoms with van der Waals surface area (Å²) in [7, 11) is 0. The molecule has 16 heavy (non-hydrogen) atoms. The molecular weight excluding hydrogens is 200 g/mol. The van der Waals surface area contributed by atoms with Crippen molar-refractivity contribution in [1.29, 1.82) is 0 Å². The number of likely N-dealkylation sites (tertiary alicyclic amines) is 1. The van der Waals surface area contributed by atoms with Gasteiger partial charge in [0, 0.05) is 31.8 Å². The molecule has 0 spiro atoms. The minimum atomic E-state index is 0.596. The Balaban J connectivity index is 2.13. The first kappa shape index (κ1) is 13.9. The lowest BCUT2D eigenvalue weighted by Crippen LogP contribution is -2.41. The molecule has 1 aliphatic heterocycles. The van der Waals surface area contributed by atoms with E-state index in [0.717, 1.165) is 38.8 Å². The van der Waals surface area contributed by atoms with E-state index in [0.29, 0.717) is 6.04 Å². The van der Waals surface area contributed by atoms with Gasteiger partial charge in [-0.25, -0.2) is 0 Å². The molecule has 0 bridgehead atoms. The maximum absolute atomic E-state index is 5.56. The molecule has 1 aliphatic rings. The van der Waals surface area contributed by atoms with Crippen LogP contribution in [-0.2, 0) is 4.74 Å². The quantitative estimate of drug-likeness (QED) is 0.642. The lowest BCUT2D eigenvalue weighted by Gasteiger charge is -2.25. The van der Waals surface area contributed by atoms with Crippen LogP contribution in [-0.4, -0.2) is 49.8 Å².